The zero-order chi connectivity index (χ0) is 16.5. The monoisotopic (exact) mass is 372 g/mol. The van der Waals surface area contributed by atoms with E-state index >= 15 is 0 Å². The van der Waals surface area contributed by atoms with Gasteiger partial charge in [-0.3, -0.25) is 0 Å². The molecule has 2 rings (SSSR count). The van der Waals surface area contributed by atoms with Crippen molar-refractivity contribution in [1.82, 2.24) is 9.62 Å². The number of rotatable bonds is 3. The molecule has 1 aliphatic rings. The fourth-order valence-electron chi connectivity index (χ4n) is 2.62. The molecule has 23 heavy (non-hydrogen) atoms. The first kappa shape index (κ1) is 20.2. The zero-order valence-corrected chi connectivity index (χ0v) is 14.4. The van der Waals surface area contributed by atoms with Crippen LogP contribution in [0.5, 0.6) is 0 Å². The summed E-state index contributed by atoms with van der Waals surface area (Å²) in [5.74, 6) is -0.639. The Hall–Kier alpha value is -0.830. The number of piperazine rings is 1. The average Bonchev–Trinajstić information content (AvgIpc) is 2.40. The molecule has 0 amide bonds. The van der Waals surface area contributed by atoms with E-state index in [1.54, 1.807) is 6.92 Å². The number of nitrogens with one attached hydrogen (secondary N) is 1. The molecule has 1 aromatic carbocycles. The molecule has 0 bridgehead atoms. The maximum Gasteiger partial charge on any atom is 0.416 e. The summed E-state index contributed by atoms with van der Waals surface area (Å²) in [5.41, 5.74) is -1.11. The van der Waals surface area contributed by atoms with Gasteiger partial charge in [0, 0.05) is 25.2 Å². The van der Waals surface area contributed by atoms with Crippen molar-refractivity contribution < 1.29 is 21.6 Å². The Morgan fingerprint density at radius 2 is 1.87 bits per heavy atom. The minimum atomic E-state index is -4.56. The number of benzene rings is 1. The fourth-order valence-corrected chi connectivity index (χ4v) is 4.49. The van der Waals surface area contributed by atoms with Crippen LogP contribution in [0.3, 0.4) is 0 Å². The maximum absolute atomic E-state index is 13.0. The normalized spacial score (nSPS) is 23.3. The second-order valence-electron chi connectivity index (χ2n) is 5.51. The van der Waals surface area contributed by atoms with Crippen LogP contribution in [0.1, 0.15) is 25.0 Å². The van der Waals surface area contributed by atoms with Gasteiger partial charge in [0.15, 0.2) is 0 Å². The van der Waals surface area contributed by atoms with E-state index in [0.717, 1.165) is 6.07 Å². The molecule has 0 radical (unpaired) electrons. The molecule has 2 atom stereocenters. The van der Waals surface area contributed by atoms with Crippen LogP contribution in [0, 0.1) is 0 Å². The Morgan fingerprint density at radius 3 is 2.48 bits per heavy atom. The lowest BCUT2D eigenvalue weighted by atomic mass is 10.1. The summed E-state index contributed by atoms with van der Waals surface area (Å²) < 4.78 is 65.3. The van der Waals surface area contributed by atoms with Crippen molar-refractivity contribution in [3.63, 3.8) is 0 Å². The van der Waals surface area contributed by atoms with Crippen LogP contribution < -0.4 is 5.32 Å². The van der Waals surface area contributed by atoms with E-state index in [1.165, 1.54) is 22.5 Å². The highest BCUT2D eigenvalue weighted by Gasteiger charge is 2.37. The summed E-state index contributed by atoms with van der Waals surface area (Å²) in [4.78, 5) is 0. The van der Waals surface area contributed by atoms with E-state index in [2.05, 4.69) is 5.32 Å². The Labute approximate surface area is 140 Å². The van der Waals surface area contributed by atoms with E-state index < -0.39 is 27.5 Å². The maximum atomic E-state index is 13.0. The SMILES string of the molecule is CC1NCCN(S(=O)(=O)Cc2ccccc2C(F)(F)F)C1C.Cl. The average molecular weight is 373 g/mol. The van der Waals surface area contributed by atoms with Gasteiger partial charge >= 0.3 is 6.18 Å². The van der Waals surface area contributed by atoms with Gasteiger partial charge in [-0.2, -0.15) is 17.5 Å². The molecule has 4 nitrogen and oxygen atoms in total. The van der Waals surface area contributed by atoms with Crippen LogP contribution >= 0.6 is 12.4 Å². The van der Waals surface area contributed by atoms with Crippen molar-refractivity contribution in [2.45, 2.75) is 37.9 Å². The minimum Gasteiger partial charge on any atom is -0.311 e. The van der Waals surface area contributed by atoms with E-state index in [4.69, 9.17) is 0 Å². The summed E-state index contributed by atoms with van der Waals surface area (Å²) in [7, 11) is -3.81. The van der Waals surface area contributed by atoms with Gasteiger partial charge in [-0.25, -0.2) is 8.42 Å². The lowest BCUT2D eigenvalue weighted by Gasteiger charge is -2.37. The van der Waals surface area contributed by atoms with E-state index in [-0.39, 0.29) is 36.6 Å². The van der Waals surface area contributed by atoms with Gasteiger partial charge in [-0.1, -0.05) is 18.2 Å². The van der Waals surface area contributed by atoms with Gasteiger partial charge in [0.1, 0.15) is 0 Å². The van der Waals surface area contributed by atoms with Gasteiger partial charge in [0.2, 0.25) is 10.0 Å². The molecule has 1 N–H and O–H groups in total. The molecule has 0 aromatic heterocycles. The van der Waals surface area contributed by atoms with Crippen LogP contribution in [0.25, 0.3) is 0 Å². The molecule has 1 fully saturated rings. The molecular weight excluding hydrogens is 353 g/mol. The van der Waals surface area contributed by atoms with E-state index in [1.807, 2.05) is 6.92 Å². The molecule has 0 aliphatic carbocycles. The fraction of sp³-hybridized carbons (Fsp3) is 0.571. The second-order valence-corrected chi connectivity index (χ2v) is 7.43. The first-order valence-electron chi connectivity index (χ1n) is 7.01. The van der Waals surface area contributed by atoms with Crippen LogP contribution in [-0.2, 0) is 22.0 Å². The van der Waals surface area contributed by atoms with Gasteiger partial charge < -0.3 is 5.32 Å². The predicted octanol–water partition coefficient (Wildman–Crippen LogP) is 2.64. The summed E-state index contributed by atoms with van der Waals surface area (Å²) in [6.45, 7) is 4.37. The van der Waals surface area contributed by atoms with Crippen molar-refractivity contribution in [1.29, 1.82) is 0 Å². The van der Waals surface area contributed by atoms with Crippen molar-refractivity contribution in [3.05, 3.63) is 35.4 Å². The highest BCUT2D eigenvalue weighted by molar-refractivity contribution is 7.88. The largest absolute Gasteiger partial charge is 0.416 e. The van der Waals surface area contributed by atoms with Crippen LogP contribution in [0.2, 0.25) is 0 Å². The third-order valence-electron chi connectivity index (χ3n) is 3.99. The van der Waals surface area contributed by atoms with Crippen molar-refractivity contribution in [2.24, 2.45) is 0 Å². The number of nitrogens with zero attached hydrogens (tertiary/aromatic N) is 1. The van der Waals surface area contributed by atoms with Gasteiger partial charge in [-0.15, -0.1) is 12.4 Å². The lowest BCUT2D eigenvalue weighted by molar-refractivity contribution is -0.138. The van der Waals surface area contributed by atoms with Crippen LogP contribution in [-0.4, -0.2) is 37.9 Å². The van der Waals surface area contributed by atoms with Crippen molar-refractivity contribution in [2.75, 3.05) is 13.1 Å². The van der Waals surface area contributed by atoms with Gasteiger partial charge in [0.25, 0.3) is 0 Å². The molecule has 9 heteroatoms. The molecule has 1 saturated heterocycles. The Morgan fingerprint density at radius 1 is 1.26 bits per heavy atom. The zero-order valence-electron chi connectivity index (χ0n) is 12.8. The van der Waals surface area contributed by atoms with Crippen molar-refractivity contribution in [3.8, 4) is 0 Å². The van der Waals surface area contributed by atoms with E-state index in [0.29, 0.717) is 6.54 Å². The molecule has 0 spiro atoms. The highest BCUT2D eigenvalue weighted by atomic mass is 35.5. The number of hydrogen-bond acceptors (Lipinski definition) is 3. The quantitative estimate of drug-likeness (QED) is 0.887. The lowest BCUT2D eigenvalue weighted by Crippen LogP contribution is -2.57. The minimum absolute atomic E-state index is 0. The Kier molecular flexibility index (Phi) is 6.48. The first-order chi connectivity index (χ1) is 10.1. The molecule has 2 unspecified atom stereocenters. The number of alkyl halides is 3. The topological polar surface area (TPSA) is 49.4 Å². The number of halogens is 4. The van der Waals surface area contributed by atoms with Crippen LogP contribution in [0.15, 0.2) is 24.3 Å². The second kappa shape index (κ2) is 7.38. The molecule has 1 heterocycles. The highest BCUT2D eigenvalue weighted by Crippen LogP contribution is 2.33. The van der Waals surface area contributed by atoms with Crippen LogP contribution in [0.4, 0.5) is 13.2 Å². The first-order valence-corrected chi connectivity index (χ1v) is 8.62. The van der Waals surface area contributed by atoms with Gasteiger partial charge in [-0.05, 0) is 25.5 Å². The third kappa shape index (κ3) is 4.59. The molecular formula is C14H20ClF3N2O2S. The van der Waals surface area contributed by atoms with Gasteiger partial charge in [0.05, 0.1) is 11.3 Å². The Balaban J connectivity index is 0.00000264. The Bertz CT molecular complexity index is 637. The summed E-state index contributed by atoms with van der Waals surface area (Å²) >= 11 is 0. The molecule has 132 valence electrons. The standard InChI is InChI=1S/C14H19F3N2O2S.ClH/c1-10-11(2)19(8-7-18-10)22(20,21)9-12-5-3-4-6-13(12)14(15,16)17;/h3-6,10-11,18H,7-9H2,1-2H3;1H. The van der Waals surface area contributed by atoms with Crippen molar-refractivity contribution >= 4 is 22.4 Å². The molecule has 0 saturated carbocycles. The third-order valence-corrected chi connectivity index (χ3v) is 5.90. The molecule has 1 aliphatic heterocycles. The summed E-state index contributed by atoms with van der Waals surface area (Å²) in [5, 5.41) is 3.15. The molecule has 1 aromatic rings. The summed E-state index contributed by atoms with van der Waals surface area (Å²) in [6.07, 6.45) is -4.56. The smallest absolute Gasteiger partial charge is 0.311 e. The number of sulfonamides is 1. The van der Waals surface area contributed by atoms with E-state index in [9.17, 15) is 21.6 Å². The number of hydrogen-bond donors (Lipinski definition) is 1. The summed E-state index contributed by atoms with van der Waals surface area (Å²) in [6, 6.07) is 4.47. The predicted molar refractivity (Wildman–Crippen MR) is 84.9 cm³/mol.